The van der Waals surface area contributed by atoms with Gasteiger partial charge < -0.3 is 9.47 Å². The maximum atomic E-state index is 5.71. The molecule has 1 rings (SSSR count). The van der Waals surface area contributed by atoms with Crippen molar-refractivity contribution in [2.45, 2.75) is 32.6 Å². The Balaban J connectivity index is 1.91. The molecular formula is C12H24O2S. The smallest absolute Gasteiger partial charge is 0.0495 e. The van der Waals surface area contributed by atoms with Crippen LogP contribution in [0.15, 0.2) is 0 Å². The van der Waals surface area contributed by atoms with Gasteiger partial charge in [-0.25, -0.2) is 0 Å². The van der Waals surface area contributed by atoms with E-state index in [1.165, 1.54) is 25.7 Å². The molecule has 1 atom stereocenters. The normalized spacial score (nSPS) is 20.4. The molecule has 0 aromatic heterocycles. The van der Waals surface area contributed by atoms with E-state index in [1.807, 2.05) is 0 Å². The summed E-state index contributed by atoms with van der Waals surface area (Å²) in [6, 6.07) is 0. The van der Waals surface area contributed by atoms with Crippen LogP contribution in [0.2, 0.25) is 0 Å². The minimum absolute atomic E-state index is 0.735. The summed E-state index contributed by atoms with van der Waals surface area (Å²) < 4.78 is 11.0. The summed E-state index contributed by atoms with van der Waals surface area (Å²) >= 11 is 4.23. The number of ether oxygens (including phenoxy) is 2. The lowest BCUT2D eigenvalue weighted by atomic mass is 10.0. The van der Waals surface area contributed by atoms with Crippen LogP contribution in [0.1, 0.15) is 32.6 Å². The van der Waals surface area contributed by atoms with Gasteiger partial charge >= 0.3 is 0 Å². The van der Waals surface area contributed by atoms with Crippen molar-refractivity contribution in [2.75, 3.05) is 32.2 Å². The lowest BCUT2D eigenvalue weighted by Crippen LogP contribution is -2.20. The van der Waals surface area contributed by atoms with Gasteiger partial charge in [0.25, 0.3) is 0 Å². The molecule has 3 heteroatoms. The molecule has 1 fully saturated rings. The second-order valence-corrected chi connectivity index (χ2v) is 4.98. The van der Waals surface area contributed by atoms with E-state index in [4.69, 9.17) is 9.47 Å². The van der Waals surface area contributed by atoms with Crippen molar-refractivity contribution in [1.29, 1.82) is 0 Å². The van der Waals surface area contributed by atoms with Crippen LogP contribution in [0.25, 0.3) is 0 Å². The summed E-state index contributed by atoms with van der Waals surface area (Å²) in [7, 11) is 0. The summed E-state index contributed by atoms with van der Waals surface area (Å²) in [5.41, 5.74) is 0. The summed E-state index contributed by atoms with van der Waals surface area (Å²) in [5.74, 6) is 2.47. The van der Waals surface area contributed by atoms with E-state index < -0.39 is 0 Å². The van der Waals surface area contributed by atoms with Crippen LogP contribution >= 0.6 is 12.6 Å². The van der Waals surface area contributed by atoms with E-state index in [0.29, 0.717) is 0 Å². The minimum atomic E-state index is 0.735. The van der Waals surface area contributed by atoms with Gasteiger partial charge in [0.15, 0.2) is 0 Å². The molecule has 15 heavy (non-hydrogen) atoms. The Hall–Kier alpha value is 0.270. The molecule has 0 spiro atoms. The molecule has 0 aromatic carbocycles. The third-order valence-electron chi connectivity index (χ3n) is 3.07. The zero-order valence-corrected chi connectivity index (χ0v) is 10.7. The number of hydrogen-bond acceptors (Lipinski definition) is 3. The van der Waals surface area contributed by atoms with Gasteiger partial charge in [-0.1, -0.05) is 6.92 Å². The van der Waals surface area contributed by atoms with E-state index in [-0.39, 0.29) is 0 Å². The molecular weight excluding hydrogens is 208 g/mol. The lowest BCUT2D eigenvalue weighted by molar-refractivity contribution is 0.0180. The first-order valence-corrected chi connectivity index (χ1v) is 6.72. The fraction of sp³-hybridized carbons (Fsp3) is 1.00. The molecule has 90 valence electrons. The van der Waals surface area contributed by atoms with Gasteiger partial charge in [-0.05, 0) is 43.3 Å². The molecule has 0 aromatic rings. The molecule has 1 unspecified atom stereocenters. The average Bonchev–Trinajstić information content (AvgIpc) is 2.26. The average molecular weight is 232 g/mol. The topological polar surface area (TPSA) is 18.5 Å². The Morgan fingerprint density at radius 3 is 2.73 bits per heavy atom. The zero-order chi connectivity index (χ0) is 10.9. The highest BCUT2D eigenvalue weighted by Crippen LogP contribution is 2.15. The standard InChI is InChI=1S/C12H24O2S/c1-11(5-9-15)2-6-14-10-12-3-7-13-8-4-12/h11-12,15H,2-10H2,1H3. The molecule has 1 aliphatic rings. The van der Waals surface area contributed by atoms with Crippen LogP contribution < -0.4 is 0 Å². The predicted octanol–water partition coefficient (Wildman–Crippen LogP) is 2.78. The summed E-state index contributed by atoms with van der Waals surface area (Å²) in [5, 5.41) is 0. The zero-order valence-electron chi connectivity index (χ0n) is 9.78. The molecule has 0 bridgehead atoms. The third kappa shape index (κ3) is 6.44. The Bertz CT molecular complexity index is 147. The molecule has 0 amide bonds. The van der Waals surface area contributed by atoms with Crippen LogP contribution in [0.5, 0.6) is 0 Å². The summed E-state index contributed by atoms with van der Waals surface area (Å²) in [6.07, 6.45) is 4.71. The largest absolute Gasteiger partial charge is 0.381 e. The summed E-state index contributed by atoms with van der Waals surface area (Å²) in [6.45, 7) is 5.95. The lowest BCUT2D eigenvalue weighted by Gasteiger charge is -2.22. The highest BCUT2D eigenvalue weighted by atomic mass is 32.1. The molecule has 0 N–H and O–H groups in total. The Labute approximate surface area is 99.1 Å². The second kappa shape index (κ2) is 8.43. The first-order chi connectivity index (χ1) is 7.33. The minimum Gasteiger partial charge on any atom is -0.381 e. The number of rotatable bonds is 7. The van der Waals surface area contributed by atoms with Gasteiger partial charge in [0, 0.05) is 26.4 Å². The summed E-state index contributed by atoms with van der Waals surface area (Å²) in [4.78, 5) is 0. The molecule has 0 saturated carbocycles. The van der Waals surface area contributed by atoms with Crippen molar-refractivity contribution < 1.29 is 9.47 Å². The Morgan fingerprint density at radius 2 is 2.07 bits per heavy atom. The Kier molecular flexibility index (Phi) is 7.49. The van der Waals surface area contributed by atoms with Crippen LogP contribution in [0.3, 0.4) is 0 Å². The second-order valence-electron chi connectivity index (χ2n) is 4.54. The molecule has 1 saturated heterocycles. The fourth-order valence-electron chi connectivity index (χ4n) is 1.81. The van der Waals surface area contributed by atoms with Gasteiger partial charge in [-0.3, -0.25) is 0 Å². The van der Waals surface area contributed by atoms with Gasteiger partial charge in [0.2, 0.25) is 0 Å². The van der Waals surface area contributed by atoms with E-state index in [0.717, 1.165) is 44.0 Å². The first-order valence-electron chi connectivity index (χ1n) is 6.09. The van der Waals surface area contributed by atoms with Crippen LogP contribution in [0.4, 0.5) is 0 Å². The quantitative estimate of drug-likeness (QED) is 0.537. The molecule has 0 radical (unpaired) electrons. The molecule has 1 aliphatic heterocycles. The molecule has 1 heterocycles. The van der Waals surface area contributed by atoms with Crippen molar-refractivity contribution in [3.05, 3.63) is 0 Å². The van der Waals surface area contributed by atoms with E-state index in [2.05, 4.69) is 19.6 Å². The van der Waals surface area contributed by atoms with Crippen molar-refractivity contribution in [3.8, 4) is 0 Å². The highest BCUT2D eigenvalue weighted by Gasteiger charge is 2.13. The van der Waals surface area contributed by atoms with Crippen molar-refractivity contribution in [3.63, 3.8) is 0 Å². The maximum Gasteiger partial charge on any atom is 0.0495 e. The van der Waals surface area contributed by atoms with E-state index in [9.17, 15) is 0 Å². The van der Waals surface area contributed by atoms with Gasteiger partial charge in [0.1, 0.15) is 0 Å². The van der Waals surface area contributed by atoms with E-state index in [1.54, 1.807) is 0 Å². The number of thiol groups is 1. The van der Waals surface area contributed by atoms with Crippen molar-refractivity contribution in [1.82, 2.24) is 0 Å². The number of hydrogen-bond donors (Lipinski definition) is 1. The highest BCUT2D eigenvalue weighted by molar-refractivity contribution is 7.80. The SMILES string of the molecule is CC(CCS)CCOCC1CCOCC1. The van der Waals surface area contributed by atoms with Crippen LogP contribution in [0, 0.1) is 11.8 Å². The van der Waals surface area contributed by atoms with Gasteiger partial charge in [-0.15, -0.1) is 0 Å². The molecule has 2 nitrogen and oxygen atoms in total. The third-order valence-corrected chi connectivity index (χ3v) is 3.33. The Morgan fingerprint density at radius 1 is 1.33 bits per heavy atom. The van der Waals surface area contributed by atoms with Crippen molar-refractivity contribution in [2.24, 2.45) is 11.8 Å². The van der Waals surface area contributed by atoms with Crippen molar-refractivity contribution >= 4 is 12.6 Å². The van der Waals surface area contributed by atoms with Gasteiger partial charge in [-0.2, -0.15) is 12.6 Å². The monoisotopic (exact) mass is 232 g/mol. The first kappa shape index (κ1) is 13.3. The fourth-order valence-corrected chi connectivity index (χ4v) is 2.25. The van der Waals surface area contributed by atoms with Gasteiger partial charge in [0.05, 0.1) is 0 Å². The van der Waals surface area contributed by atoms with Crippen LogP contribution in [-0.4, -0.2) is 32.2 Å². The predicted molar refractivity (Wildman–Crippen MR) is 66.6 cm³/mol. The molecule has 0 aliphatic carbocycles. The maximum absolute atomic E-state index is 5.71. The van der Waals surface area contributed by atoms with Crippen LogP contribution in [-0.2, 0) is 9.47 Å². The van der Waals surface area contributed by atoms with E-state index >= 15 is 0 Å².